The maximum absolute atomic E-state index is 11.1. The average Bonchev–Trinajstić information content (AvgIpc) is 2.42. The van der Waals surface area contributed by atoms with Gasteiger partial charge in [-0.3, -0.25) is 14.9 Å². The van der Waals surface area contributed by atoms with E-state index in [2.05, 4.69) is 21.2 Å². The number of benzene rings is 1. The number of nitrogens with one attached hydrogen (secondary N) is 1. The molecule has 7 heteroatoms. The van der Waals surface area contributed by atoms with Crippen LogP contribution in [0.3, 0.4) is 0 Å². The van der Waals surface area contributed by atoms with Gasteiger partial charge in [-0.05, 0) is 24.5 Å². The van der Waals surface area contributed by atoms with Crippen molar-refractivity contribution in [3.05, 3.63) is 32.3 Å². The van der Waals surface area contributed by atoms with Crippen LogP contribution in [0.5, 0.6) is 0 Å². The van der Waals surface area contributed by atoms with Crippen LogP contribution >= 0.6 is 15.9 Å². The lowest BCUT2D eigenvalue weighted by molar-refractivity contribution is -0.384. The fraction of sp³-hybridized carbons (Fsp3) is 0.462. The van der Waals surface area contributed by atoms with Crippen LogP contribution < -0.4 is 5.32 Å². The van der Waals surface area contributed by atoms with Crippen molar-refractivity contribution in [1.29, 1.82) is 0 Å². The molecule has 1 unspecified atom stereocenters. The quantitative estimate of drug-likeness (QED) is 0.507. The van der Waals surface area contributed by atoms with E-state index in [4.69, 9.17) is 0 Å². The molecule has 1 amide bonds. The smallest absolute Gasteiger partial charge is 0.293 e. The molecule has 0 aromatic heterocycles. The molecule has 1 aromatic carbocycles. The van der Waals surface area contributed by atoms with E-state index in [9.17, 15) is 14.9 Å². The van der Waals surface area contributed by atoms with Crippen molar-refractivity contribution in [3.8, 4) is 0 Å². The molecule has 1 atom stereocenters. The molecule has 0 aliphatic carbocycles. The summed E-state index contributed by atoms with van der Waals surface area (Å²) < 4.78 is 0.679. The second-order valence-corrected chi connectivity index (χ2v) is 5.71. The standard InChI is InChI=1S/C13H16BrN3O3/c1-2-3-16(8-18)11-5-9-4-10(14)6-12(17(19)20)13(9)15-7-11/h4,6,8,11,15H,2-3,5,7H2,1H3. The van der Waals surface area contributed by atoms with Gasteiger partial charge in [0.25, 0.3) is 5.69 Å². The topological polar surface area (TPSA) is 75.5 Å². The minimum absolute atomic E-state index is 0.0360. The largest absolute Gasteiger partial charge is 0.377 e. The number of nitro groups is 1. The molecule has 0 bridgehead atoms. The normalized spacial score (nSPS) is 17.0. The number of anilines is 1. The second kappa shape index (κ2) is 6.21. The first kappa shape index (κ1) is 14.8. The monoisotopic (exact) mass is 341 g/mol. The second-order valence-electron chi connectivity index (χ2n) is 4.80. The van der Waals surface area contributed by atoms with Gasteiger partial charge in [-0.25, -0.2) is 0 Å². The van der Waals surface area contributed by atoms with Gasteiger partial charge in [-0.15, -0.1) is 0 Å². The van der Waals surface area contributed by atoms with E-state index in [-0.39, 0.29) is 16.7 Å². The molecule has 1 N–H and O–H groups in total. The first-order valence-corrected chi connectivity index (χ1v) is 7.27. The van der Waals surface area contributed by atoms with Gasteiger partial charge in [0.05, 0.1) is 11.0 Å². The van der Waals surface area contributed by atoms with Crippen molar-refractivity contribution < 1.29 is 9.72 Å². The number of carbonyl (C=O) groups excluding carboxylic acids is 1. The highest BCUT2D eigenvalue weighted by Gasteiger charge is 2.28. The number of hydrogen-bond donors (Lipinski definition) is 1. The van der Waals surface area contributed by atoms with Crippen molar-refractivity contribution in [3.63, 3.8) is 0 Å². The molecule has 0 saturated carbocycles. The van der Waals surface area contributed by atoms with Gasteiger partial charge in [-0.2, -0.15) is 0 Å². The van der Waals surface area contributed by atoms with Gasteiger partial charge in [0.1, 0.15) is 5.69 Å². The Kier molecular flexibility index (Phi) is 4.59. The number of nitrogens with zero attached hydrogens (tertiary/aromatic N) is 2. The Morgan fingerprint density at radius 3 is 2.95 bits per heavy atom. The fourth-order valence-corrected chi connectivity index (χ4v) is 3.01. The van der Waals surface area contributed by atoms with E-state index in [0.717, 1.165) is 18.4 Å². The molecule has 1 aromatic rings. The van der Waals surface area contributed by atoms with Crippen molar-refractivity contribution in [1.82, 2.24) is 4.90 Å². The lowest BCUT2D eigenvalue weighted by Crippen LogP contribution is -2.43. The predicted octanol–water partition coefficient (Wildman–Crippen LogP) is 2.56. The summed E-state index contributed by atoms with van der Waals surface area (Å²) in [5.74, 6) is 0. The van der Waals surface area contributed by atoms with Gasteiger partial charge in [0.2, 0.25) is 6.41 Å². The number of fused-ring (bicyclic) bond motifs is 1. The Morgan fingerprint density at radius 2 is 2.35 bits per heavy atom. The molecule has 6 nitrogen and oxygen atoms in total. The highest BCUT2D eigenvalue weighted by molar-refractivity contribution is 9.10. The molecular weight excluding hydrogens is 326 g/mol. The number of amides is 1. The van der Waals surface area contributed by atoms with E-state index < -0.39 is 0 Å². The summed E-state index contributed by atoms with van der Waals surface area (Å²) in [6, 6.07) is 3.40. The molecule has 0 fully saturated rings. The third-order valence-corrected chi connectivity index (χ3v) is 3.87. The Balaban J connectivity index is 2.30. The van der Waals surface area contributed by atoms with Gasteiger partial charge in [0.15, 0.2) is 0 Å². The number of carbonyl (C=O) groups is 1. The van der Waals surface area contributed by atoms with Gasteiger partial charge < -0.3 is 10.2 Å². The van der Waals surface area contributed by atoms with Crippen LogP contribution in [0, 0.1) is 10.1 Å². The van der Waals surface area contributed by atoms with Crippen LogP contribution in [0.2, 0.25) is 0 Å². The summed E-state index contributed by atoms with van der Waals surface area (Å²) in [7, 11) is 0. The SMILES string of the molecule is CCCN(C=O)C1CNc2c(cc(Br)cc2[N+](=O)[O-])C1. The van der Waals surface area contributed by atoms with Crippen molar-refractivity contribution in [2.24, 2.45) is 0 Å². The molecule has 1 heterocycles. The molecule has 20 heavy (non-hydrogen) atoms. The van der Waals surface area contributed by atoms with Gasteiger partial charge in [0, 0.05) is 23.6 Å². The summed E-state index contributed by atoms with van der Waals surface area (Å²) in [6.07, 6.45) is 2.37. The van der Waals surface area contributed by atoms with Gasteiger partial charge >= 0.3 is 0 Å². The van der Waals surface area contributed by atoms with E-state index in [1.165, 1.54) is 6.07 Å². The third kappa shape index (κ3) is 2.92. The lowest BCUT2D eigenvalue weighted by Gasteiger charge is -2.33. The van der Waals surface area contributed by atoms with Crippen LogP contribution in [-0.4, -0.2) is 35.4 Å². The lowest BCUT2D eigenvalue weighted by atomic mass is 9.97. The zero-order valence-electron chi connectivity index (χ0n) is 11.1. The minimum Gasteiger partial charge on any atom is -0.377 e. The average molecular weight is 342 g/mol. The molecular formula is C13H16BrN3O3. The molecule has 1 aliphatic heterocycles. The van der Waals surface area contributed by atoms with Crippen LogP contribution in [0.4, 0.5) is 11.4 Å². The highest BCUT2D eigenvalue weighted by Crippen LogP contribution is 2.35. The molecule has 1 aliphatic rings. The fourth-order valence-electron chi connectivity index (χ4n) is 2.52. The molecule has 0 radical (unpaired) electrons. The molecule has 0 saturated heterocycles. The molecule has 108 valence electrons. The summed E-state index contributed by atoms with van der Waals surface area (Å²) in [5.41, 5.74) is 1.50. The highest BCUT2D eigenvalue weighted by atomic mass is 79.9. The van der Waals surface area contributed by atoms with Crippen LogP contribution in [0.15, 0.2) is 16.6 Å². The van der Waals surface area contributed by atoms with E-state index in [1.807, 2.05) is 13.0 Å². The maximum atomic E-state index is 11.1. The van der Waals surface area contributed by atoms with Crippen molar-refractivity contribution in [2.75, 3.05) is 18.4 Å². The summed E-state index contributed by atoms with van der Waals surface area (Å²) in [4.78, 5) is 23.6. The Hall–Kier alpha value is -1.63. The zero-order valence-corrected chi connectivity index (χ0v) is 12.7. The number of hydrogen-bond acceptors (Lipinski definition) is 4. The first-order valence-electron chi connectivity index (χ1n) is 6.48. The van der Waals surface area contributed by atoms with Crippen LogP contribution in [-0.2, 0) is 11.2 Å². The Bertz CT molecular complexity index is 536. The molecule has 0 spiro atoms. The van der Waals surface area contributed by atoms with E-state index in [0.29, 0.717) is 29.7 Å². The van der Waals surface area contributed by atoms with Crippen LogP contribution in [0.25, 0.3) is 0 Å². The Morgan fingerprint density at radius 1 is 1.60 bits per heavy atom. The van der Waals surface area contributed by atoms with Gasteiger partial charge in [-0.1, -0.05) is 22.9 Å². The van der Waals surface area contributed by atoms with Crippen LogP contribution in [0.1, 0.15) is 18.9 Å². The summed E-state index contributed by atoms with van der Waals surface area (Å²) in [6.45, 7) is 3.25. The van der Waals surface area contributed by atoms with Crippen molar-refractivity contribution in [2.45, 2.75) is 25.8 Å². The van der Waals surface area contributed by atoms with Crippen molar-refractivity contribution >= 4 is 33.7 Å². The number of rotatable bonds is 5. The first-order chi connectivity index (χ1) is 9.56. The summed E-state index contributed by atoms with van der Waals surface area (Å²) in [5, 5.41) is 14.2. The maximum Gasteiger partial charge on any atom is 0.293 e. The van der Waals surface area contributed by atoms with E-state index in [1.54, 1.807) is 4.90 Å². The minimum atomic E-state index is -0.388. The van der Waals surface area contributed by atoms with E-state index >= 15 is 0 Å². The zero-order chi connectivity index (χ0) is 14.7. The number of halogens is 1. The number of nitro benzene ring substituents is 1. The Labute approximate surface area is 125 Å². The summed E-state index contributed by atoms with van der Waals surface area (Å²) >= 11 is 3.30. The third-order valence-electron chi connectivity index (χ3n) is 3.42. The molecule has 2 rings (SSSR count). The predicted molar refractivity (Wildman–Crippen MR) is 79.8 cm³/mol.